The Balaban J connectivity index is 1.81. The first-order valence-electron chi connectivity index (χ1n) is 8.74. The van der Waals surface area contributed by atoms with Gasteiger partial charge in [-0.2, -0.15) is 0 Å². The standard InChI is InChI=1S/C17H22N6O2S2/c1-10-4-3-9-23(10)16-21-14-13(20-15(18)26-14)17(19,22-16)11-5-7-12(8-6-11)27(2,24)25/h5-8,10,15H,3-4,9,18-19H2,1-2H3. The first-order chi connectivity index (χ1) is 12.7. The number of aliphatic imine (C=N–C) groups is 3. The lowest BCUT2D eigenvalue weighted by Crippen LogP contribution is -2.50. The van der Waals surface area contributed by atoms with Gasteiger partial charge in [-0.25, -0.2) is 18.4 Å². The Kier molecular flexibility index (Phi) is 4.41. The molecule has 0 spiro atoms. The normalized spacial score (nSPS) is 30.7. The average Bonchev–Trinajstić information content (AvgIpc) is 3.19. The van der Waals surface area contributed by atoms with Gasteiger partial charge >= 0.3 is 0 Å². The fraction of sp³-hybridized carbons (Fsp3) is 0.471. The second kappa shape index (κ2) is 6.40. The highest BCUT2D eigenvalue weighted by molar-refractivity contribution is 8.16. The van der Waals surface area contributed by atoms with E-state index in [0.29, 0.717) is 28.3 Å². The highest BCUT2D eigenvalue weighted by atomic mass is 32.2. The predicted molar refractivity (Wildman–Crippen MR) is 109 cm³/mol. The molecule has 0 radical (unpaired) electrons. The van der Waals surface area contributed by atoms with E-state index in [-0.39, 0.29) is 4.90 Å². The molecule has 3 unspecified atom stereocenters. The number of rotatable bonds is 2. The number of benzene rings is 1. The van der Waals surface area contributed by atoms with Crippen molar-refractivity contribution in [3.63, 3.8) is 0 Å². The number of thioether (sulfide) groups is 1. The summed E-state index contributed by atoms with van der Waals surface area (Å²) in [5, 5.41) is 0.682. The van der Waals surface area contributed by atoms with Crippen molar-refractivity contribution < 1.29 is 8.42 Å². The second-order valence-corrected chi connectivity index (χ2v) is 10.2. The molecule has 0 aromatic heterocycles. The van der Waals surface area contributed by atoms with Crippen LogP contribution in [-0.2, 0) is 15.5 Å². The molecule has 4 rings (SSSR count). The topological polar surface area (TPSA) is 126 Å². The summed E-state index contributed by atoms with van der Waals surface area (Å²) in [5.74, 6) is 0.588. The van der Waals surface area contributed by atoms with Gasteiger partial charge in [-0.15, -0.1) is 0 Å². The summed E-state index contributed by atoms with van der Waals surface area (Å²) in [4.78, 5) is 16.3. The van der Waals surface area contributed by atoms with E-state index in [4.69, 9.17) is 16.5 Å². The molecular weight excluding hydrogens is 384 g/mol. The number of nitrogens with zero attached hydrogens (tertiary/aromatic N) is 4. The minimum atomic E-state index is -3.29. The lowest BCUT2D eigenvalue weighted by Gasteiger charge is -2.33. The largest absolute Gasteiger partial charge is 0.338 e. The summed E-state index contributed by atoms with van der Waals surface area (Å²) in [5.41, 5.74) is 12.2. The van der Waals surface area contributed by atoms with E-state index in [9.17, 15) is 8.42 Å². The Morgan fingerprint density at radius 2 is 2.00 bits per heavy atom. The highest BCUT2D eigenvalue weighted by Crippen LogP contribution is 2.36. The third-order valence-electron chi connectivity index (χ3n) is 5.06. The third kappa shape index (κ3) is 3.20. The molecule has 3 heterocycles. The molecule has 1 aromatic rings. The van der Waals surface area contributed by atoms with Crippen LogP contribution in [0.4, 0.5) is 0 Å². The Morgan fingerprint density at radius 1 is 1.30 bits per heavy atom. The van der Waals surface area contributed by atoms with Gasteiger partial charge < -0.3 is 10.6 Å². The summed E-state index contributed by atoms with van der Waals surface area (Å²) >= 11 is 1.36. The number of fused-ring (bicyclic) bond motifs is 1. The second-order valence-electron chi connectivity index (χ2n) is 7.06. The van der Waals surface area contributed by atoms with E-state index in [1.54, 1.807) is 24.3 Å². The van der Waals surface area contributed by atoms with Gasteiger partial charge in [-0.1, -0.05) is 23.9 Å². The number of guanidine groups is 1. The maximum atomic E-state index is 11.8. The average molecular weight is 407 g/mol. The van der Waals surface area contributed by atoms with Gasteiger partial charge in [-0.3, -0.25) is 10.7 Å². The molecule has 1 aromatic carbocycles. The van der Waals surface area contributed by atoms with Gasteiger partial charge in [0.2, 0.25) is 5.96 Å². The quantitative estimate of drug-likeness (QED) is 0.751. The first kappa shape index (κ1) is 18.6. The van der Waals surface area contributed by atoms with E-state index in [1.165, 1.54) is 18.0 Å². The smallest absolute Gasteiger partial charge is 0.224 e. The zero-order valence-electron chi connectivity index (χ0n) is 15.2. The van der Waals surface area contributed by atoms with Gasteiger partial charge in [0, 0.05) is 24.4 Å². The van der Waals surface area contributed by atoms with Crippen LogP contribution in [0.5, 0.6) is 0 Å². The molecule has 1 fully saturated rings. The molecule has 144 valence electrons. The molecule has 0 amide bonds. The monoisotopic (exact) mass is 406 g/mol. The van der Waals surface area contributed by atoms with Crippen molar-refractivity contribution in [3.8, 4) is 0 Å². The third-order valence-corrected chi connectivity index (χ3v) is 7.05. The zero-order valence-corrected chi connectivity index (χ0v) is 16.8. The van der Waals surface area contributed by atoms with Crippen LogP contribution < -0.4 is 11.5 Å². The fourth-order valence-electron chi connectivity index (χ4n) is 3.56. The number of nitrogens with two attached hydrogens (primary N) is 2. The van der Waals surface area contributed by atoms with E-state index >= 15 is 0 Å². The molecular formula is C17H22N6O2S2. The molecule has 0 aliphatic carbocycles. The Hall–Kier alpha value is -1.75. The molecule has 0 saturated carbocycles. The number of hydrogen-bond acceptors (Lipinski definition) is 9. The van der Waals surface area contributed by atoms with Crippen molar-refractivity contribution in [1.82, 2.24) is 4.90 Å². The predicted octanol–water partition coefficient (Wildman–Crippen LogP) is 0.884. The summed E-state index contributed by atoms with van der Waals surface area (Å²) < 4.78 is 23.5. The van der Waals surface area contributed by atoms with Crippen molar-refractivity contribution in [2.75, 3.05) is 12.8 Å². The van der Waals surface area contributed by atoms with Crippen molar-refractivity contribution >= 4 is 38.3 Å². The maximum absolute atomic E-state index is 11.8. The van der Waals surface area contributed by atoms with Crippen molar-refractivity contribution in [1.29, 1.82) is 0 Å². The number of sulfone groups is 1. The van der Waals surface area contributed by atoms with E-state index in [2.05, 4.69) is 21.8 Å². The lowest BCUT2D eigenvalue weighted by molar-refractivity contribution is 0.403. The summed E-state index contributed by atoms with van der Waals surface area (Å²) in [6.07, 6.45) is 3.34. The van der Waals surface area contributed by atoms with Gasteiger partial charge in [0.25, 0.3) is 0 Å². The molecule has 8 nitrogen and oxygen atoms in total. The summed E-state index contributed by atoms with van der Waals surface area (Å²) in [7, 11) is -3.29. The fourth-order valence-corrected chi connectivity index (χ4v) is 5.03. The molecule has 3 atom stereocenters. The van der Waals surface area contributed by atoms with Gasteiger partial charge in [0.15, 0.2) is 21.0 Å². The van der Waals surface area contributed by atoms with E-state index < -0.39 is 21.0 Å². The maximum Gasteiger partial charge on any atom is 0.224 e. The molecule has 3 aliphatic rings. The highest BCUT2D eigenvalue weighted by Gasteiger charge is 2.45. The number of hydrogen-bond donors (Lipinski definition) is 2. The van der Waals surface area contributed by atoms with Gasteiger partial charge in [-0.05, 0) is 31.9 Å². The van der Waals surface area contributed by atoms with Crippen LogP contribution in [0.25, 0.3) is 0 Å². The molecule has 10 heteroatoms. The zero-order chi connectivity index (χ0) is 19.4. The molecule has 0 bridgehead atoms. The van der Waals surface area contributed by atoms with Crippen LogP contribution in [0.1, 0.15) is 25.3 Å². The Labute approximate surface area is 162 Å². The minimum Gasteiger partial charge on any atom is -0.338 e. The summed E-state index contributed by atoms with van der Waals surface area (Å²) in [6.45, 7) is 3.02. The molecule has 4 N–H and O–H groups in total. The molecule has 1 saturated heterocycles. The van der Waals surface area contributed by atoms with Crippen molar-refractivity contribution in [3.05, 3.63) is 29.8 Å². The van der Waals surface area contributed by atoms with Crippen molar-refractivity contribution in [2.24, 2.45) is 26.4 Å². The summed E-state index contributed by atoms with van der Waals surface area (Å²) in [6, 6.07) is 6.79. The van der Waals surface area contributed by atoms with Crippen LogP contribution >= 0.6 is 11.8 Å². The SMILES string of the molecule is CC1CCCN1C1=NC(N)(c2ccc(S(C)(=O)=O)cc2)C2=NC(N)SC2=N1. The van der Waals surface area contributed by atoms with Crippen molar-refractivity contribution in [2.45, 2.75) is 41.9 Å². The van der Waals surface area contributed by atoms with E-state index in [0.717, 1.165) is 19.4 Å². The minimum absolute atomic E-state index is 0.233. The van der Waals surface area contributed by atoms with Crippen LogP contribution in [0.2, 0.25) is 0 Å². The van der Waals surface area contributed by atoms with Gasteiger partial charge in [0.05, 0.1) is 4.90 Å². The van der Waals surface area contributed by atoms with Crippen LogP contribution in [0.3, 0.4) is 0 Å². The lowest BCUT2D eigenvalue weighted by atomic mass is 9.95. The van der Waals surface area contributed by atoms with E-state index in [1.807, 2.05) is 0 Å². The van der Waals surface area contributed by atoms with Crippen LogP contribution in [0, 0.1) is 0 Å². The number of likely N-dealkylation sites (tertiary alicyclic amines) is 1. The van der Waals surface area contributed by atoms with Crippen LogP contribution in [-0.4, -0.2) is 54.4 Å². The Bertz CT molecular complexity index is 970. The first-order valence-corrected chi connectivity index (χ1v) is 11.5. The Morgan fingerprint density at radius 3 is 2.59 bits per heavy atom. The molecule has 3 aliphatic heterocycles. The van der Waals surface area contributed by atoms with Crippen LogP contribution in [0.15, 0.2) is 44.1 Å². The molecule has 27 heavy (non-hydrogen) atoms. The van der Waals surface area contributed by atoms with Gasteiger partial charge in [0.1, 0.15) is 10.8 Å².